The maximum absolute atomic E-state index is 12.1. The number of hydrogen-bond acceptors (Lipinski definition) is 3. The van der Waals surface area contributed by atoms with Gasteiger partial charge in [-0.1, -0.05) is 13.8 Å². The quantitative estimate of drug-likeness (QED) is 0.628. The molecule has 0 radical (unpaired) electrons. The first-order chi connectivity index (χ1) is 8.71. The van der Waals surface area contributed by atoms with Crippen molar-refractivity contribution in [3.8, 4) is 0 Å². The number of amides is 1. The average molecular weight is 266 g/mol. The van der Waals surface area contributed by atoms with E-state index < -0.39 is 11.4 Å². The van der Waals surface area contributed by atoms with Crippen LogP contribution in [0.4, 0.5) is 0 Å². The van der Waals surface area contributed by atoms with Gasteiger partial charge in [0.05, 0.1) is 7.11 Å². The second kappa shape index (κ2) is 5.47. The van der Waals surface area contributed by atoms with Crippen LogP contribution in [0.1, 0.15) is 33.4 Å². The zero-order valence-electron chi connectivity index (χ0n) is 12.2. The molecule has 1 amide bonds. The SMILES string of the molecule is COC(=O)C(C)(C)C(=O)NCC(C)(C)c1ccc[nH]1. The number of H-pyrrole nitrogens is 1. The summed E-state index contributed by atoms with van der Waals surface area (Å²) in [7, 11) is 1.28. The molecule has 106 valence electrons. The fourth-order valence-electron chi connectivity index (χ4n) is 1.72. The molecule has 0 aromatic carbocycles. The van der Waals surface area contributed by atoms with Gasteiger partial charge in [0.25, 0.3) is 0 Å². The summed E-state index contributed by atoms with van der Waals surface area (Å²) in [6.45, 7) is 7.58. The lowest BCUT2D eigenvalue weighted by atomic mass is 9.87. The second-order valence-corrected chi connectivity index (χ2v) is 5.77. The monoisotopic (exact) mass is 266 g/mol. The molecule has 5 heteroatoms. The Morgan fingerprint density at radius 2 is 1.95 bits per heavy atom. The minimum atomic E-state index is -1.18. The van der Waals surface area contributed by atoms with E-state index in [0.29, 0.717) is 6.54 Å². The molecule has 19 heavy (non-hydrogen) atoms. The summed E-state index contributed by atoms with van der Waals surface area (Å²) in [5.41, 5.74) is -0.380. The highest BCUT2D eigenvalue weighted by molar-refractivity contribution is 6.01. The molecular weight excluding hydrogens is 244 g/mol. The molecule has 2 N–H and O–H groups in total. The molecular formula is C14H22N2O3. The Balaban J connectivity index is 2.67. The van der Waals surface area contributed by atoms with Crippen molar-refractivity contribution in [1.82, 2.24) is 10.3 Å². The molecule has 0 spiro atoms. The van der Waals surface area contributed by atoms with Gasteiger partial charge in [0, 0.05) is 23.9 Å². The van der Waals surface area contributed by atoms with Gasteiger partial charge in [0.2, 0.25) is 5.91 Å². The topological polar surface area (TPSA) is 71.2 Å². The molecule has 0 saturated carbocycles. The Labute approximate surface area is 113 Å². The maximum atomic E-state index is 12.1. The van der Waals surface area contributed by atoms with Crippen molar-refractivity contribution in [2.24, 2.45) is 5.41 Å². The predicted octanol–water partition coefficient (Wildman–Crippen LogP) is 1.61. The first kappa shape index (κ1) is 15.3. The van der Waals surface area contributed by atoms with Gasteiger partial charge in [-0.2, -0.15) is 0 Å². The van der Waals surface area contributed by atoms with Crippen LogP contribution >= 0.6 is 0 Å². The standard InChI is InChI=1S/C14H22N2O3/c1-13(2,10-7-6-8-15-10)9-16-11(17)14(3,4)12(18)19-5/h6-8,15H,9H2,1-5H3,(H,16,17). The molecule has 0 atom stereocenters. The van der Waals surface area contributed by atoms with Gasteiger partial charge in [-0.3, -0.25) is 9.59 Å². The van der Waals surface area contributed by atoms with E-state index in [-0.39, 0.29) is 11.3 Å². The van der Waals surface area contributed by atoms with Crippen LogP contribution in [0.5, 0.6) is 0 Å². The lowest BCUT2D eigenvalue weighted by Gasteiger charge is -2.27. The third kappa shape index (κ3) is 3.36. The predicted molar refractivity (Wildman–Crippen MR) is 72.6 cm³/mol. The molecule has 1 heterocycles. The molecule has 0 aliphatic carbocycles. The minimum absolute atomic E-state index is 0.231. The molecule has 0 unspecified atom stereocenters. The van der Waals surface area contributed by atoms with Crippen LogP contribution in [0.25, 0.3) is 0 Å². The van der Waals surface area contributed by atoms with E-state index >= 15 is 0 Å². The number of nitrogens with one attached hydrogen (secondary N) is 2. The van der Waals surface area contributed by atoms with E-state index in [1.807, 2.05) is 32.2 Å². The zero-order chi connectivity index (χ0) is 14.7. The largest absolute Gasteiger partial charge is 0.468 e. The lowest BCUT2D eigenvalue weighted by molar-refractivity contribution is -0.156. The molecule has 5 nitrogen and oxygen atoms in total. The Morgan fingerprint density at radius 3 is 2.42 bits per heavy atom. The van der Waals surface area contributed by atoms with Crippen LogP contribution in [0.3, 0.4) is 0 Å². The van der Waals surface area contributed by atoms with Crippen molar-refractivity contribution in [2.45, 2.75) is 33.1 Å². The second-order valence-electron chi connectivity index (χ2n) is 5.77. The van der Waals surface area contributed by atoms with Crippen LogP contribution in [-0.2, 0) is 19.7 Å². The number of carbonyl (C=O) groups is 2. The first-order valence-electron chi connectivity index (χ1n) is 6.22. The highest BCUT2D eigenvalue weighted by Gasteiger charge is 2.38. The third-order valence-electron chi connectivity index (χ3n) is 3.28. The summed E-state index contributed by atoms with van der Waals surface area (Å²) >= 11 is 0. The number of ether oxygens (including phenoxy) is 1. The summed E-state index contributed by atoms with van der Waals surface area (Å²) in [5, 5.41) is 2.81. The van der Waals surface area contributed by atoms with Crippen LogP contribution in [0, 0.1) is 5.41 Å². The Kier molecular flexibility index (Phi) is 4.39. The smallest absolute Gasteiger partial charge is 0.320 e. The van der Waals surface area contributed by atoms with Crippen LogP contribution in [-0.4, -0.2) is 30.5 Å². The van der Waals surface area contributed by atoms with E-state index in [4.69, 9.17) is 0 Å². The van der Waals surface area contributed by atoms with Gasteiger partial charge in [0.1, 0.15) is 5.41 Å². The number of hydrogen-bond donors (Lipinski definition) is 2. The van der Waals surface area contributed by atoms with Crippen LogP contribution in [0.2, 0.25) is 0 Å². The Hall–Kier alpha value is -1.78. The van der Waals surface area contributed by atoms with Crippen molar-refractivity contribution >= 4 is 11.9 Å². The highest BCUT2D eigenvalue weighted by Crippen LogP contribution is 2.22. The Bertz CT molecular complexity index is 447. The summed E-state index contributed by atoms with van der Waals surface area (Å²) in [5.74, 6) is -0.873. The molecule has 0 aliphatic heterocycles. The molecule has 1 aromatic rings. The number of rotatable bonds is 5. The number of carbonyl (C=O) groups excluding carboxylic acids is 2. The summed E-state index contributed by atoms with van der Waals surface area (Å²) in [4.78, 5) is 26.7. The summed E-state index contributed by atoms with van der Waals surface area (Å²) in [6, 6.07) is 3.88. The summed E-state index contributed by atoms with van der Waals surface area (Å²) < 4.78 is 4.63. The highest BCUT2D eigenvalue weighted by atomic mass is 16.5. The molecule has 0 bridgehead atoms. The molecule has 0 fully saturated rings. The van der Waals surface area contributed by atoms with Gasteiger partial charge >= 0.3 is 5.97 Å². The molecule has 1 rings (SSSR count). The normalized spacial score (nSPS) is 12.1. The molecule has 0 aliphatic rings. The van der Waals surface area contributed by atoms with E-state index in [9.17, 15) is 9.59 Å². The van der Waals surface area contributed by atoms with E-state index in [2.05, 4.69) is 15.0 Å². The maximum Gasteiger partial charge on any atom is 0.320 e. The van der Waals surface area contributed by atoms with Gasteiger partial charge in [-0.05, 0) is 26.0 Å². The summed E-state index contributed by atoms with van der Waals surface area (Å²) in [6.07, 6.45) is 1.84. The van der Waals surface area contributed by atoms with Crippen molar-refractivity contribution in [3.63, 3.8) is 0 Å². The van der Waals surface area contributed by atoms with Gasteiger partial charge in [0.15, 0.2) is 0 Å². The number of aromatic amines is 1. The lowest BCUT2D eigenvalue weighted by Crippen LogP contribution is -2.46. The van der Waals surface area contributed by atoms with Gasteiger partial charge < -0.3 is 15.0 Å². The fraction of sp³-hybridized carbons (Fsp3) is 0.571. The van der Waals surface area contributed by atoms with Crippen LogP contribution < -0.4 is 5.32 Å². The van der Waals surface area contributed by atoms with Crippen LogP contribution in [0.15, 0.2) is 18.3 Å². The Morgan fingerprint density at radius 1 is 1.32 bits per heavy atom. The van der Waals surface area contributed by atoms with E-state index in [1.54, 1.807) is 13.8 Å². The molecule has 0 saturated heterocycles. The zero-order valence-corrected chi connectivity index (χ0v) is 12.2. The average Bonchev–Trinajstić information content (AvgIpc) is 2.89. The van der Waals surface area contributed by atoms with Crippen molar-refractivity contribution in [1.29, 1.82) is 0 Å². The minimum Gasteiger partial charge on any atom is -0.468 e. The van der Waals surface area contributed by atoms with E-state index in [0.717, 1.165) is 5.69 Å². The van der Waals surface area contributed by atoms with Crippen molar-refractivity contribution in [3.05, 3.63) is 24.0 Å². The molecule has 1 aromatic heterocycles. The first-order valence-corrected chi connectivity index (χ1v) is 6.22. The fourth-order valence-corrected chi connectivity index (χ4v) is 1.72. The van der Waals surface area contributed by atoms with Crippen molar-refractivity contribution in [2.75, 3.05) is 13.7 Å². The third-order valence-corrected chi connectivity index (χ3v) is 3.28. The van der Waals surface area contributed by atoms with E-state index in [1.165, 1.54) is 7.11 Å². The van der Waals surface area contributed by atoms with Crippen molar-refractivity contribution < 1.29 is 14.3 Å². The van der Waals surface area contributed by atoms with Gasteiger partial charge in [-0.15, -0.1) is 0 Å². The number of esters is 1. The van der Waals surface area contributed by atoms with Gasteiger partial charge in [-0.25, -0.2) is 0 Å². The number of aromatic nitrogens is 1. The number of methoxy groups -OCH3 is 1.